The Bertz CT molecular complexity index is 265. The number of thioether (sulfide) groups is 1. The Hall–Kier alpha value is -0.770. The van der Waals surface area contributed by atoms with Crippen LogP contribution >= 0.6 is 11.8 Å². The van der Waals surface area contributed by atoms with E-state index >= 15 is 0 Å². The summed E-state index contributed by atoms with van der Waals surface area (Å²) in [6.07, 6.45) is 10.7. The maximum Gasteiger partial charge on any atom is 0.216 e. The highest BCUT2D eigenvalue weighted by Gasteiger charge is 1.99. The summed E-state index contributed by atoms with van der Waals surface area (Å²) in [4.78, 5) is 22.0. The molecular formula is C14H25NO2S. The van der Waals surface area contributed by atoms with Crippen LogP contribution in [0.1, 0.15) is 52.4 Å². The van der Waals surface area contributed by atoms with Gasteiger partial charge in [0.2, 0.25) is 5.91 Å². The molecule has 0 radical (unpaired) electrons. The fraction of sp³-hybridized carbons (Fsp3) is 0.714. The van der Waals surface area contributed by atoms with Gasteiger partial charge in [0, 0.05) is 25.6 Å². The number of hydrogen-bond donors (Lipinski definition) is 1. The van der Waals surface area contributed by atoms with Crippen LogP contribution in [-0.4, -0.2) is 23.3 Å². The second-order valence-electron chi connectivity index (χ2n) is 4.23. The van der Waals surface area contributed by atoms with E-state index in [1.165, 1.54) is 44.4 Å². The molecule has 0 saturated carbocycles. The molecule has 0 rings (SSSR count). The van der Waals surface area contributed by atoms with Crippen LogP contribution in [0.3, 0.4) is 0 Å². The molecule has 0 aromatic heterocycles. The fourth-order valence-corrected chi connectivity index (χ4v) is 2.08. The van der Waals surface area contributed by atoms with Gasteiger partial charge in [0.25, 0.3) is 0 Å². The van der Waals surface area contributed by atoms with Crippen molar-refractivity contribution in [1.82, 2.24) is 5.32 Å². The van der Waals surface area contributed by atoms with Crippen LogP contribution in [-0.2, 0) is 9.59 Å². The van der Waals surface area contributed by atoms with Gasteiger partial charge in [0.15, 0.2) is 5.12 Å². The first kappa shape index (κ1) is 17.2. The van der Waals surface area contributed by atoms with Crippen molar-refractivity contribution >= 4 is 22.8 Å². The Balaban J connectivity index is 3.35. The van der Waals surface area contributed by atoms with Gasteiger partial charge in [-0.2, -0.15) is 0 Å². The standard InChI is InChI=1S/C14H25NO2S/c1-3-4-5-6-7-8-9-10-14(17)18-12-11-15-13(2)16/h8-9H,3-7,10-12H2,1-2H3,(H,15,16)/b9-8+. The Labute approximate surface area is 115 Å². The van der Waals surface area contributed by atoms with Crippen LogP contribution in [0.2, 0.25) is 0 Å². The smallest absolute Gasteiger partial charge is 0.216 e. The minimum absolute atomic E-state index is 0.0463. The van der Waals surface area contributed by atoms with Crippen LogP contribution in [0.15, 0.2) is 12.2 Å². The van der Waals surface area contributed by atoms with E-state index in [-0.39, 0.29) is 11.0 Å². The Morgan fingerprint density at radius 3 is 2.61 bits per heavy atom. The van der Waals surface area contributed by atoms with E-state index in [0.717, 1.165) is 6.42 Å². The van der Waals surface area contributed by atoms with Gasteiger partial charge >= 0.3 is 0 Å². The van der Waals surface area contributed by atoms with E-state index in [9.17, 15) is 9.59 Å². The number of carbonyl (C=O) groups is 2. The molecule has 0 atom stereocenters. The van der Waals surface area contributed by atoms with Crippen LogP contribution in [0, 0.1) is 0 Å². The maximum atomic E-state index is 11.4. The highest BCUT2D eigenvalue weighted by atomic mass is 32.2. The first-order chi connectivity index (χ1) is 8.66. The molecule has 3 nitrogen and oxygen atoms in total. The van der Waals surface area contributed by atoms with Gasteiger partial charge in [0.05, 0.1) is 0 Å². The predicted octanol–water partition coefficient (Wildman–Crippen LogP) is 3.30. The summed E-state index contributed by atoms with van der Waals surface area (Å²) in [7, 11) is 0. The summed E-state index contributed by atoms with van der Waals surface area (Å²) in [6, 6.07) is 0. The summed E-state index contributed by atoms with van der Waals surface area (Å²) < 4.78 is 0. The summed E-state index contributed by atoms with van der Waals surface area (Å²) >= 11 is 1.29. The third-order valence-corrected chi connectivity index (χ3v) is 3.31. The molecule has 0 unspecified atom stereocenters. The van der Waals surface area contributed by atoms with Gasteiger partial charge in [-0.1, -0.05) is 50.1 Å². The first-order valence-electron chi connectivity index (χ1n) is 6.72. The third-order valence-electron chi connectivity index (χ3n) is 2.41. The molecule has 1 N–H and O–H groups in total. The van der Waals surface area contributed by atoms with Crippen LogP contribution in [0.25, 0.3) is 0 Å². The fourth-order valence-electron chi connectivity index (χ4n) is 1.44. The summed E-state index contributed by atoms with van der Waals surface area (Å²) in [5.41, 5.74) is 0. The molecule has 0 saturated heterocycles. The predicted molar refractivity (Wildman–Crippen MR) is 78.7 cm³/mol. The molecule has 0 aliphatic carbocycles. The molecule has 1 amide bonds. The lowest BCUT2D eigenvalue weighted by atomic mass is 10.1. The first-order valence-corrected chi connectivity index (χ1v) is 7.70. The van der Waals surface area contributed by atoms with Crippen molar-refractivity contribution in [3.63, 3.8) is 0 Å². The molecule has 104 valence electrons. The van der Waals surface area contributed by atoms with E-state index < -0.39 is 0 Å². The highest BCUT2D eigenvalue weighted by Crippen LogP contribution is 2.07. The normalized spacial score (nSPS) is 10.8. The van der Waals surface area contributed by atoms with Crippen molar-refractivity contribution in [2.75, 3.05) is 12.3 Å². The number of amides is 1. The van der Waals surface area contributed by atoms with Crippen LogP contribution < -0.4 is 5.32 Å². The molecule has 0 heterocycles. The number of rotatable bonds is 10. The summed E-state index contributed by atoms with van der Waals surface area (Å²) in [5, 5.41) is 2.84. The lowest BCUT2D eigenvalue weighted by Gasteiger charge is -2.00. The molecule has 0 aliphatic heterocycles. The van der Waals surface area contributed by atoms with Crippen molar-refractivity contribution in [2.45, 2.75) is 52.4 Å². The van der Waals surface area contributed by atoms with Crippen molar-refractivity contribution < 1.29 is 9.59 Å². The Morgan fingerprint density at radius 2 is 1.94 bits per heavy atom. The van der Waals surface area contributed by atoms with Crippen molar-refractivity contribution in [3.8, 4) is 0 Å². The van der Waals surface area contributed by atoms with E-state index in [2.05, 4.69) is 18.3 Å². The van der Waals surface area contributed by atoms with Gasteiger partial charge in [0.1, 0.15) is 0 Å². The van der Waals surface area contributed by atoms with Gasteiger partial charge in [-0.3, -0.25) is 9.59 Å². The minimum atomic E-state index is -0.0463. The molecule has 0 bridgehead atoms. The zero-order valence-electron chi connectivity index (χ0n) is 11.5. The van der Waals surface area contributed by atoms with Crippen molar-refractivity contribution in [3.05, 3.63) is 12.2 Å². The second kappa shape index (κ2) is 12.7. The summed E-state index contributed by atoms with van der Waals surface area (Å²) in [5.74, 6) is 0.609. The number of unbranched alkanes of at least 4 members (excludes halogenated alkanes) is 4. The third kappa shape index (κ3) is 13.3. The number of hydrogen-bond acceptors (Lipinski definition) is 3. The lowest BCUT2D eigenvalue weighted by Crippen LogP contribution is -2.22. The van der Waals surface area contributed by atoms with E-state index in [1.807, 2.05) is 6.08 Å². The SMILES string of the molecule is CCCCCC/C=C/CC(=O)SCCNC(C)=O. The molecule has 0 aromatic rings. The largest absolute Gasteiger partial charge is 0.356 e. The van der Waals surface area contributed by atoms with E-state index in [0.29, 0.717) is 18.7 Å². The average molecular weight is 271 g/mol. The maximum absolute atomic E-state index is 11.4. The second-order valence-corrected chi connectivity index (χ2v) is 5.38. The van der Waals surface area contributed by atoms with E-state index in [1.54, 1.807) is 0 Å². The Morgan fingerprint density at radius 1 is 1.17 bits per heavy atom. The zero-order chi connectivity index (χ0) is 13.6. The van der Waals surface area contributed by atoms with Crippen molar-refractivity contribution in [2.24, 2.45) is 0 Å². The zero-order valence-corrected chi connectivity index (χ0v) is 12.4. The van der Waals surface area contributed by atoms with Crippen LogP contribution in [0.4, 0.5) is 0 Å². The van der Waals surface area contributed by atoms with E-state index in [4.69, 9.17) is 0 Å². The van der Waals surface area contributed by atoms with Crippen LogP contribution in [0.5, 0.6) is 0 Å². The quantitative estimate of drug-likeness (QED) is 0.490. The topological polar surface area (TPSA) is 46.2 Å². The molecule has 0 spiro atoms. The summed E-state index contributed by atoms with van der Waals surface area (Å²) in [6.45, 7) is 4.24. The molecule has 0 aliphatic rings. The number of carbonyl (C=O) groups excluding carboxylic acids is 2. The van der Waals surface area contributed by atoms with Gasteiger partial charge in [-0.25, -0.2) is 0 Å². The monoisotopic (exact) mass is 271 g/mol. The molecule has 18 heavy (non-hydrogen) atoms. The molecule has 0 aromatic carbocycles. The van der Waals surface area contributed by atoms with Gasteiger partial charge in [-0.05, 0) is 12.8 Å². The average Bonchev–Trinajstić information content (AvgIpc) is 2.33. The molecule has 0 fully saturated rings. The van der Waals surface area contributed by atoms with Crippen molar-refractivity contribution in [1.29, 1.82) is 0 Å². The highest BCUT2D eigenvalue weighted by molar-refractivity contribution is 8.13. The Kier molecular flexibility index (Phi) is 12.1. The minimum Gasteiger partial charge on any atom is -0.356 e. The lowest BCUT2D eigenvalue weighted by molar-refractivity contribution is -0.118. The molecule has 4 heteroatoms. The number of allylic oxidation sites excluding steroid dienone is 2. The van der Waals surface area contributed by atoms with Gasteiger partial charge < -0.3 is 5.32 Å². The molecular weight excluding hydrogens is 246 g/mol. The number of nitrogens with one attached hydrogen (secondary N) is 1. The van der Waals surface area contributed by atoms with Gasteiger partial charge in [-0.15, -0.1) is 0 Å².